The molecule has 2 aromatic rings. The summed E-state index contributed by atoms with van der Waals surface area (Å²) >= 11 is 0. The van der Waals surface area contributed by atoms with E-state index in [0.29, 0.717) is 11.6 Å². The molecule has 0 aliphatic carbocycles. The quantitative estimate of drug-likeness (QED) is 0.628. The Morgan fingerprint density at radius 3 is 2.33 bits per heavy atom. The smallest absolute Gasteiger partial charge is 0.420 e. The van der Waals surface area contributed by atoms with Gasteiger partial charge in [0.2, 0.25) is 0 Å². The lowest BCUT2D eigenvalue weighted by Gasteiger charge is -2.13. The molecule has 0 saturated carbocycles. The first kappa shape index (κ1) is 14.8. The molecule has 0 radical (unpaired) electrons. The van der Waals surface area contributed by atoms with Gasteiger partial charge in [-0.05, 0) is 11.6 Å². The SMILES string of the molecule is O=[N+]([O-])c1ccc(OCc2ccccc2)c(C(F)(F)F)c1. The van der Waals surface area contributed by atoms with Gasteiger partial charge in [0.25, 0.3) is 5.69 Å². The van der Waals surface area contributed by atoms with Crippen molar-refractivity contribution in [3.8, 4) is 5.75 Å². The van der Waals surface area contributed by atoms with E-state index in [1.54, 1.807) is 30.3 Å². The number of non-ortho nitro benzene ring substituents is 1. The zero-order chi connectivity index (χ0) is 15.5. The molecule has 4 nitrogen and oxygen atoms in total. The molecule has 21 heavy (non-hydrogen) atoms. The fourth-order valence-electron chi connectivity index (χ4n) is 1.71. The highest BCUT2D eigenvalue weighted by atomic mass is 19.4. The number of hydrogen-bond acceptors (Lipinski definition) is 3. The predicted molar refractivity (Wildman–Crippen MR) is 68.9 cm³/mol. The Morgan fingerprint density at radius 1 is 1.10 bits per heavy atom. The maximum absolute atomic E-state index is 12.9. The Hall–Kier alpha value is -2.57. The molecule has 2 rings (SSSR count). The number of ether oxygens (including phenoxy) is 1. The lowest BCUT2D eigenvalue weighted by Crippen LogP contribution is -2.09. The molecule has 0 spiro atoms. The lowest BCUT2D eigenvalue weighted by atomic mass is 10.1. The molecule has 0 aromatic heterocycles. The number of hydrogen-bond donors (Lipinski definition) is 0. The number of nitrogens with zero attached hydrogens (tertiary/aromatic N) is 1. The van der Waals surface area contributed by atoms with Crippen molar-refractivity contribution < 1.29 is 22.8 Å². The maximum atomic E-state index is 12.9. The van der Waals surface area contributed by atoms with Gasteiger partial charge in [-0.3, -0.25) is 10.1 Å². The van der Waals surface area contributed by atoms with Crippen molar-refractivity contribution >= 4 is 5.69 Å². The molecular weight excluding hydrogens is 287 g/mol. The van der Waals surface area contributed by atoms with E-state index in [9.17, 15) is 23.3 Å². The van der Waals surface area contributed by atoms with E-state index in [0.717, 1.165) is 12.1 Å². The molecule has 0 bridgehead atoms. The van der Waals surface area contributed by atoms with Gasteiger partial charge in [0.1, 0.15) is 17.9 Å². The minimum absolute atomic E-state index is 0.0538. The Labute approximate surface area is 117 Å². The number of nitro groups is 1. The van der Waals surface area contributed by atoms with Crippen LogP contribution in [0.15, 0.2) is 48.5 Å². The first-order valence-corrected chi connectivity index (χ1v) is 5.90. The third-order valence-electron chi connectivity index (χ3n) is 2.72. The molecule has 2 aromatic carbocycles. The average Bonchev–Trinajstić information content (AvgIpc) is 2.45. The van der Waals surface area contributed by atoms with Crippen LogP contribution in [0.2, 0.25) is 0 Å². The third-order valence-corrected chi connectivity index (χ3v) is 2.72. The Bertz CT molecular complexity index is 642. The van der Waals surface area contributed by atoms with Gasteiger partial charge in [-0.2, -0.15) is 13.2 Å². The van der Waals surface area contributed by atoms with Crippen molar-refractivity contribution in [2.75, 3.05) is 0 Å². The second-order valence-corrected chi connectivity index (χ2v) is 4.21. The summed E-state index contributed by atoms with van der Waals surface area (Å²) in [5.41, 5.74) is -1.09. The van der Waals surface area contributed by atoms with Crippen molar-refractivity contribution in [1.82, 2.24) is 0 Å². The van der Waals surface area contributed by atoms with E-state index < -0.39 is 28.1 Å². The lowest BCUT2D eigenvalue weighted by molar-refractivity contribution is -0.385. The molecule has 0 unspecified atom stereocenters. The summed E-state index contributed by atoms with van der Waals surface area (Å²) in [7, 11) is 0. The Balaban J connectivity index is 2.28. The van der Waals surface area contributed by atoms with E-state index in [2.05, 4.69) is 0 Å². The molecule has 0 N–H and O–H groups in total. The molecule has 110 valence electrons. The zero-order valence-corrected chi connectivity index (χ0v) is 10.6. The van der Waals surface area contributed by atoms with Crippen LogP contribution < -0.4 is 4.74 Å². The summed E-state index contributed by atoms with van der Waals surface area (Å²) in [4.78, 5) is 9.69. The second-order valence-electron chi connectivity index (χ2n) is 4.21. The molecular formula is C14H10F3NO3. The molecule has 0 atom stereocenters. The number of benzene rings is 2. The van der Waals surface area contributed by atoms with Gasteiger partial charge in [0, 0.05) is 12.1 Å². The predicted octanol–water partition coefficient (Wildman–Crippen LogP) is 4.19. The van der Waals surface area contributed by atoms with Crippen LogP contribution in [0.1, 0.15) is 11.1 Å². The largest absolute Gasteiger partial charge is 0.488 e. The van der Waals surface area contributed by atoms with E-state index >= 15 is 0 Å². The minimum Gasteiger partial charge on any atom is -0.488 e. The van der Waals surface area contributed by atoms with Gasteiger partial charge in [-0.15, -0.1) is 0 Å². The van der Waals surface area contributed by atoms with Crippen LogP contribution in [0, 0.1) is 10.1 Å². The van der Waals surface area contributed by atoms with Gasteiger partial charge in [-0.1, -0.05) is 30.3 Å². The molecule has 0 fully saturated rings. The number of alkyl halides is 3. The summed E-state index contributed by atoms with van der Waals surface area (Å²) in [6.45, 7) is -0.0538. The van der Waals surface area contributed by atoms with Gasteiger partial charge in [-0.25, -0.2) is 0 Å². The van der Waals surface area contributed by atoms with Crippen LogP contribution in [0.25, 0.3) is 0 Å². The first-order valence-electron chi connectivity index (χ1n) is 5.90. The molecule has 0 amide bonds. The average molecular weight is 297 g/mol. The number of rotatable bonds is 4. The number of halogens is 3. The summed E-state index contributed by atoms with van der Waals surface area (Å²) in [5, 5.41) is 10.6. The minimum atomic E-state index is -4.72. The van der Waals surface area contributed by atoms with Crippen LogP contribution in [0.5, 0.6) is 5.75 Å². The Kier molecular flexibility index (Phi) is 4.11. The van der Waals surface area contributed by atoms with Crippen molar-refractivity contribution in [3.05, 3.63) is 69.8 Å². The normalized spacial score (nSPS) is 11.2. The van der Waals surface area contributed by atoms with E-state index in [4.69, 9.17) is 4.74 Å². The summed E-state index contributed by atoms with van der Waals surface area (Å²) in [5.74, 6) is -0.433. The monoisotopic (exact) mass is 297 g/mol. The maximum Gasteiger partial charge on any atom is 0.420 e. The highest BCUT2D eigenvalue weighted by Crippen LogP contribution is 2.38. The second kappa shape index (κ2) is 5.82. The molecule has 7 heteroatoms. The van der Waals surface area contributed by atoms with Gasteiger partial charge >= 0.3 is 6.18 Å². The fraction of sp³-hybridized carbons (Fsp3) is 0.143. The molecule has 0 aliphatic rings. The van der Waals surface area contributed by atoms with Crippen LogP contribution in [0.4, 0.5) is 18.9 Å². The van der Waals surface area contributed by atoms with Gasteiger partial charge < -0.3 is 4.74 Å². The Morgan fingerprint density at radius 2 is 1.76 bits per heavy atom. The summed E-state index contributed by atoms with van der Waals surface area (Å²) in [6.07, 6.45) is -4.72. The van der Waals surface area contributed by atoms with Crippen molar-refractivity contribution in [1.29, 1.82) is 0 Å². The topological polar surface area (TPSA) is 52.4 Å². The third kappa shape index (κ3) is 3.71. The van der Waals surface area contributed by atoms with Crippen molar-refractivity contribution in [2.24, 2.45) is 0 Å². The number of nitro benzene ring substituents is 1. The highest BCUT2D eigenvalue weighted by Gasteiger charge is 2.36. The summed E-state index contributed by atoms with van der Waals surface area (Å²) in [6, 6.07) is 11.1. The highest BCUT2D eigenvalue weighted by molar-refractivity contribution is 5.45. The fourth-order valence-corrected chi connectivity index (χ4v) is 1.71. The van der Waals surface area contributed by atoms with Crippen molar-refractivity contribution in [3.63, 3.8) is 0 Å². The van der Waals surface area contributed by atoms with Gasteiger partial charge in [0.05, 0.1) is 4.92 Å². The van der Waals surface area contributed by atoms with Crippen molar-refractivity contribution in [2.45, 2.75) is 12.8 Å². The summed E-state index contributed by atoms with van der Waals surface area (Å²) < 4.78 is 43.9. The zero-order valence-electron chi connectivity index (χ0n) is 10.6. The van der Waals surface area contributed by atoms with Crippen LogP contribution in [-0.2, 0) is 12.8 Å². The van der Waals surface area contributed by atoms with E-state index in [1.807, 2.05) is 0 Å². The standard InChI is InChI=1S/C14H10F3NO3/c15-14(16,17)12-8-11(18(19)20)6-7-13(12)21-9-10-4-2-1-3-5-10/h1-8H,9H2. The van der Waals surface area contributed by atoms with Crippen LogP contribution in [-0.4, -0.2) is 4.92 Å². The molecule has 0 aliphatic heterocycles. The molecule has 0 saturated heterocycles. The molecule has 0 heterocycles. The van der Waals surface area contributed by atoms with Crippen LogP contribution in [0.3, 0.4) is 0 Å². The van der Waals surface area contributed by atoms with E-state index in [-0.39, 0.29) is 6.61 Å². The van der Waals surface area contributed by atoms with E-state index in [1.165, 1.54) is 0 Å². The first-order chi connectivity index (χ1) is 9.88. The van der Waals surface area contributed by atoms with Gasteiger partial charge in [0.15, 0.2) is 0 Å². The van der Waals surface area contributed by atoms with Crippen LogP contribution >= 0.6 is 0 Å².